The molecule has 0 bridgehead atoms. The molecule has 3 rings (SSSR count). The molecular formula is C21H26ClNO3S. The minimum atomic E-state index is -3.60. The number of piperidine rings is 1. The van der Waals surface area contributed by atoms with Crippen molar-refractivity contribution in [3.8, 4) is 0 Å². The molecule has 0 spiro atoms. The Morgan fingerprint density at radius 2 is 1.96 bits per heavy atom. The van der Waals surface area contributed by atoms with Crippen molar-refractivity contribution in [2.75, 3.05) is 19.7 Å². The highest BCUT2D eigenvalue weighted by molar-refractivity contribution is 7.89. The molecule has 1 aliphatic rings. The predicted molar refractivity (Wildman–Crippen MR) is 109 cm³/mol. The highest BCUT2D eigenvalue weighted by atomic mass is 35.5. The van der Waals surface area contributed by atoms with Gasteiger partial charge in [0.1, 0.15) is 0 Å². The summed E-state index contributed by atoms with van der Waals surface area (Å²) in [6.07, 6.45) is 2.11. The number of hydrogen-bond donors (Lipinski definition) is 1. The fourth-order valence-electron chi connectivity index (χ4n) is 3.90. The summed E-state index contributed by atoms with van der Waals surface area (Å²) in [6, 6.07) is 13.1. The van der Waals surface area contributed by atoms with Crippen LogP contribution >= 0.6 is 11.6 Å². The van der Waals surface area contributed by atoms with Gasteiger partial charge < -0.3 is 5.11 Å². The maximum Gasteiger partial charge on any atom is 0.243 e. The van der Waals surface area contributed by atoms with Crippen LogP contribution in [0.2, 0.25) is 5.02 Å². The topological polar surface area (TPSA) is 57.6 Å². The average Bonchev–Trinajstić information content (AvgIpc) is 2.64. The van der Waals surface area contributed by atoms with Crippen LogP contribution in [0.1, 0.15) is 29.5 Å². The highest BCUT2D eigenvalue weighted by Gasteiger charge is 2.40. The molecule has 1 saturated heterocycles. The van der Waals surface area contributed by atoms with Crippen molar-refractivity contribution in [1.29, 1.82) is 0 Å². The Balaban J connectivity index is 1.90. The molecule has 2 aromatic rings. The van der Waals surface area contributed by atoms with Gasteiger partial charge in [0, 0.05) is 23.5 Å². The quantitative estimate of drug-likeness (QED) is 0.816. The fourth-order valence-corrected chi connectivity index (χ4v) is 6.02. The molecule has 1 unspecified atom stereocenters. The molecule has 0 aromatic heterocycles. The number of halogens is 1. The van der Waals surface area contributed by atoms with Gasteiger partial charge in [-0.15, -0.1) is 0 Å². The molecule has 0 amide bonds. The van der Waals surface area contributed by atoms with Crippen LogP contribution in [0.25, 0.3) is 0 Å². The Bertz CT molecular complexity index is 929. The van der Waals surface area contributed by atoms with E-state index in [0.29, 0.717) is 29.4 Å². The molecule has 0 radical (unpaired) electrons. The number of nitrogens with zero attached hydrogens (tertiary/aromatic N) is 1. The Labute approximate surface area is 166 Å². The number of benzene rings is 2. The Morgan fingerprint density at radius 1 is 1.19 bits per heavy atom. The zero-order valence-corrected chi connectivity index (χ0v) is 17.4. The summed E-state index contributed by atoms with van der Waals surface area (Å²) in [7, 11) is -3.60. The molecule has 6 heteroatoms. The lowest BCUT2D eigenvalue weighted by molar-refractivity contribution is 0.0645. The van der Waals surface area contributed by atoms with Crippen molar-refractivity contribution in [3.05, 3.63) is 64.2 Å². The summed E-state index contributed by atoms with van der Waals surface area (Å²) in [5, 5.41) is 10.8. The Morgan fingerprint density at radius 3 is 2.67 bits per heavy atom. The number of rotatable bonds is 5. The van der Waals surface area contributed by atoms with Gasteiger partial charge in [0.2, 0.25) is 10.0 Å². The first kappa shape index (κ1) is 20.3. The van der Waals surface area contributed by atoms with Gasteiger partial charge in [-0.1, -0.05) is 35.9 Å². The van der Waals surface area contributed by atoms with Crippen LogP contribution in [-0.2, 0) is 16.4 Å². The van der Waals surface area contributed by atoms with E-state index in [0.717, 1.165) is 29.5 Å². The fraction of sp³-hybridized carbons (Fsp3) is 0.429. The van der Waals surface area contributed by atoms with Gasteiger partial charge in [-0.05, 0) is 68.0 Å². The van der Waals surface area contributed by atoms with Gasteiger partial charge in [-0.25, -0.2) is 8.42 Å². The molecule has 1 N–H and O–H groups in total. The smallest absolute Gasteiger partial charge is 0.243 e. The minimum absolute atomic E-state index is 0.0572. The summed E-state index contributed by atoms with van der Waals surface area (Å²) in [5.41, 5.74) is 2.19. The van der Waals surface area contributed by atoms with E-state index in [1.807, 2.05) is 50.2 Å². The third-order valence-electron chi connectivity index (χ3n) is 5.39. The van der Waals surface area contributed by atoms with Crippen LogP contribution in [0.15, 0.2) is 47.4 Å². The molecule has 0 aliphatic carbocycles. The summed E-state index contributed by atoms with van der Waals surface area (Å²) in [6.45, 7) is 4.45. The lowest BCUT2D eigenvalue weighted by Crippen LogP contribution is -2.49. The maximum absolute atomic E-state index is 13.3. The zero-order chi connectivity index (χ0) is 19.7. The van der Waals surface area contributed by atoms with E-state index in [2.05, 4.69) is 0 Å². The largest absolute Gasteiger partial charge is 0.396 e. The first-order valence-electron chi connectivity index (χ1n) is 9.18. The summed E-state index contributed by atoms with van der Waals surface area (Å²) < 4.78 is 28.1. The zero-order valence-electron chi connectivity index (χ0n) is 15.8. The van der Waals surface area contributed by atoms with Crippen LogP contribution in [0.4, 0.5) is 0 Å². The molecule has 27 heavy (non-hydrogen) atoms. The van der Waals surface area contributed by atoms with Gasteiger partial charge in [-0.3, -0.25) is 0 Å². The monoisotopic (exact) mass is 407 g/mol. The van der Waals surface area contributed by atoms with E-state index >= 15 is 0 Å². The van der Waals surface area contributed by atoms with Crippen LogP contribution in [-0.4, -0.2) is 37.5 Å². The maximum atomic E-state index is 13.3. The second-order valence-electron chi connectivity index (χ2n) is 7.68. The van der Waals surface area contributed by atoms with E-state index < -0.39 is 15.4 Å². The number of aliphatic hydroxyl groups excluding tert-OH is 1. The van der Waals surface area contributed by atoms with E-state index in [4.69, 9.17) is 11.6 Å². The molecule has 0 saturated carbocycles. The Kier molecular flexibility index (Phi) is 5.96. The van der Waals surface area contributed by atoms with Crippen LogP contribution < -0.4 is 0 Å². The average molecular weight is 408 g/mol. The van der Waals surface area contributed by atoms with Gasteiger partial charge in [0.25, 0.3) is 0 Å². The number of aryl methyl sites for hydroxylation is 2. The van der Waals surface area contributed by atoms with Crippen LogP contribution in [0.5, 0.6) is 0 Å². The van der Waals surface area contributed by atoms with E-state index in [9.17, 15) is 13.5 Å². The second kappa shape index (κ2) is 7.92. The normalized spacial score (nSPS) is 21.3. The SMILES string of the molecule is Cc1ccc(C)c(S(=O)(=O)N2CCCC(CO)(Cc3cccc(Cl)c3)C2)c1. The van der Waals surface area contributed by atoms with E-state index in [1.165, 1.54) is 0 Å². The summed E-state index contributed by atoms with van der Waals surface area (Å²) in [5.74, 6) is 0. The van der Waals surface area contributed by atoms with Crippen molar-refractivity contribution < 1.29 is 13.5 Å². The molecule has 1 aliphatic heterocycles. The molecular weight excluding hydrogens is 382 g/mol. The van der Waals surface area contributed by atoms with Gasteiger partial charge >= 0.3 is 0 Å². The first-order chi connectivity index (χ1) is 12.8. The van der Waals surface area contributed by atoms with Crippen molar-refractivity contribution in [2.24, 2.45) is 5.41 Å². The van der Waals surface area contributed by atoms with Crippen molar-refractivity contribution in [1.82, 2.24) is 4.31 Å². The van der Waals surface area contributed by atoms with Crippen LogP contribution in [0.3, 0.4) is 0 Å². The summed E-state index contributed by atoms with van der Waals surface area (Å²) >= 11 is 6.10. The number of hydrogen-bond acceptors (Lipinski definition) is 3. The minimum Gasteiger partial charge on any atom is -0.396 e. The molecule has 1 fully saturated rings. The van der Waals surface area contributed by atoms with Gasteiger partial charge in [0.15, 0.2) is 0 Å². The van der Waals surface area contributed by atoms with Crippen LogP contribution in [0, 0.1) is 19.3 Å². The molecule has 1 atom stereocenters. The van der Waals surface area contributed by atoms with Gasteiger partial charge in [0.05, 0.1) is 11.5 Å². The lowest BCUT2D eigenvalue weighted by atomic mass is 9.76. The predicted octanol–water partition coefficient (Wildman–Crippen LogP) is 3.96. The van der Waals surface area contributed by atoms with Crippen molar-refractivity contribution >= 4 is 21.6 Å². The van der Waals surface area contributed by atoms with Gasteiger partial charge in [-0.2, -0.15) is 4.31 Å². The molecule has 4 nitrogen and oxygen atoms in total. The highest BCUT2D eigenvalue weighted by Crippen LogP contribution is 2.36. The second-order valence-corrected chi connectivity index (χ2v) is 10.0. The first-order valence-corrected chi connectivity index (χ1v) is 11.0. The summed E-state index contributed by atoms with van der Waals surface area (Å²) in [4.78, 5) is 0.360. The standard InChI is InChI=1S/C21H26ClNO3S/c1-16-7-8-17(2)20(11-16)27(25,26)23-10-4-9-21(14-23,15-24)13-18-5-3-6-19(22)12-18/h3,5-8,11-12,24H,4,9-10,13-15H2,1-2H3. The number of sulfonamides is 1. The van der Waals surface area contributed by atoms with E-state index in [-0.39, 0.29) is 6.61 Å². The molecule has 2 aromatic carbocycles. The molecule has 146 valence electrons. The number of aliphatic hydroxyl groups is 1. The Hall–Kier alpha value is -1.40. The van der Waals surface area contributed by atoms with Crippen molar-refractivity contribution in [2.45, 2.75) is 38.0 Å². The lowest BCUT2D eigenvalue weighted by Gasteiger charge is -2.41. The third-order valence-corrected chi connectivity index (χ3v) is 7.61. The third kappa shape index (κ3) is 4.37. The van der Waals surface area contributed by atoms with E-state index in [1.54, 1.807) is 10.4 Å². The van der Waals surface area contributed by atoms with Crippen molar-refractivity contribution in [3.63, 3.8) is 0 Å². The molecule has 1 heterocycles.